The van der Waals surface area contributed by atoms with Gasteiger partial charge < -0.3 is 0 Å². The Morgan fingerprint density at radius 3 is 2.80 bits per heavy atom. The monoisotopic (exact) mass is 287 g/mol. The lowest BCUT2D eigenvalue weighted by molar-refractivity contribution is 0.731. The predicted molar refractivity (Wildman–Crippen MR) is 77.0 cm³/mol. The third kappa shape index (κ3) is 2.09. The lowest BCUT2D eigenvalue weighted by Crippen LogP contribution is -2.21. The molecular formula is C13H13N5OS. The fourth-order valence-corrected chi connectivity index (χ4v) is 2.81. The van der Waals surface area contributed by atoms with Crippen LogP contribution in [0.15, 0.2) is 17.2 Å². The van der Waals surface area contributed by atoms with Crippen LogP contribution in [-0.4, -0.2) is 24.1 Å². The van der Waals surface area contributed by atoms with Gasteiger partial charge in [0.2, 0.25) is 0 Å². The molecule has 3 aromatic heterocycles. The van der Waals surface area contributed by atoms with E-state index in [0.29, 0.717) is 16.8 Å². The molecule has 7 heteroatoms. The van der Waals surface area contributed by atoms with Crippen LogP contribution >= 0.6 is 11.5 Å². The molecule has 0 atom stereocenters. The standard InChI is InChI=1S/C13H13N5OS/c1-7-4-10(8(2)16-15-7)5-18-6-14-12-11(13(18)19)9(3)17-20-12/h4,6H,5H2,1-3H3. The van der Waals surface area contributed by atoms with Gasteiger partial charge >= 0.3 is 0 Å². The first-order chi connectivity index (χ1) is 9.56. The highest BCUT2D eigenvalue weighted by Gasteiger charge is 2.11. The van der Waals surface area contributed by atoms with Gasteiger partial charge in [-0.15, -0.1) is 0 Å². The average molecular weight is 287 g/mol. The molecule has 0 N–H and O–H groups in total. The van der Waals surface area contributed by atoms with Crippen molar-refractivity contribution in [1.29, 1.82) is 0 Å². The third-order valence-electron chi connectivity index (χ3n) is 3.18. The Hall–Kier alpha value is -2.15. The van der Waals surface area contributed by atoms with Gasteiger partial charge in [0.25, 0.3) is 5.56 Å². The summed E-state index contributed by atoms with van der Waals surface area (Å²) in [6, 6.07) is 1.94. The van der Waals surface area contributed by atoms with Crippen LogP contribution < -0.4 is 5.56 Å². The molecule has 3 aromatic rings. The van der Waals surface area contributed by atoms with Crippen LogP contribution in [0.3, 0.4) is 0 Å². The van der Waals surface area contributed by atoms with Gasteiger partial charge in [-0.1, -0.05) is 0 Å². The fraction of sp³-hybridized carbons (Fsp3) is 0.308. The summed E-state index contributed by atoms with van der Waals surface area (Å²) in [6.45, 7) is 6.04. The maximum atomic E-state index is 12.5. The minimum atomic E-state index is -0.0601. The topological polar surface area (TPSA) is 73.6 Å². The number of hydrogen-bond donors (Lipinski definition) is 0. The van der Waals surface area contributed by atoms with Crippen molar-refractivity contribution in [2.24, 2.45) is 0 Å². The van der Waals surface area contributed by atoms with Gasteiger partial charge in [0, 0.05) is 0 Å². The number of rotatable bonds is 2. The molecule has 3 heterocycles. The molecule has 0 amide bonds. The Kier molecular flexibility index (Phi) is 3.06. The summed E-state index contributed by atoms with van der Waals surface area (Å²) >= 11 is 1.25. The Morgan fingerprint density at radius 1 is 1.20 bits per heavy atom. The van der Waals surface area contributed by atoms with Gasteiger partial charge in [0.1, 0.15) is 0 Å². The van der Waals surface area contributed by atoms with Crippen molar-refractivity contribution in [1.82, 2.24) is 24.1 Å². The first-order valence-electron chi connectivity index (χ1n) is 6.17. The van der Waals surface area contributed by atoms with E-state index in [9.17, 15) is 4.79 Å². The van der Waals surface area contributed by atoms with Crippen molar-refractivity contribution >= 4 is 21.7 Å². The average Bonchev–Trinajstić information content (AvgIpc) is 2.79. The fourth-order valence-electron chi connectivity index (χ4n) is 2.07. The van der Waals surface area contributed by atoms with E-state index in [1.807, 2.05) is 26.8 Å². The van der Waals surface area contributed by atoms with Gasteiger partial charge in [-0.2, -0.15) is 14.6 Å². The molecule has 0 aliphatic rings. The molecule has 20 heavy (non-hydrogen) atoms. The SMILES string of the molecule is Cc1cc(Cn2cnc3snc(C)c3c2=O)c(C)nn1. The summed E-state index contributed by atoms with van der Waals surface area (Å²) in [5.74, 6) is 0. The first kappa shape index (κ1) is 12.9. The van der Waals surface area contributed by atoms with Gasteiger partial charge in [-0.3, -0.25) is 9.36 Å². The van der Waals surface area contributed by atoms with Crippen LogP contribution in [0.4, 0.5) is 0 Å². The molecule has 0 saturated carbocycles. The third-order valence-corrected chi connectivity index (χ3v) is 4.03. The highest BCUT2D eigenvalue weighted by Crippen LogP contribution is 2.15. The summed E-state index contributed by atoms with van der Waals surface area (Å²) in [7, 11) is 0. The molecule has 0 aromatic carbocycles. The van der Waals surface area contributed by atoms with E-state index in [1.165, 1.54) is 11.5 Å². The highest BCUT2D eigenvalue weighted by atomic mass is 32.1. The van der Waals surface area contributed by atoms with E-state index >= 15 is 0 Å². The Balaban J connectivity index is 2.11. The minimum absolute atomic E-state index is 0.0601. The highest BCUT2D eigenvalue weighted by molar-refractivity contribution is 7.12. The molecule has 0 aliphatic carbocycles. The van der Waals surface area contributed by atoms with Crippen molar-refractivity contribution in [2.45, 2.75) is 27.3 Å². The Bertz CT molecular complexity index is 852. The second-order valence-electron chi connectivity index (χ2n) is 4.72. The van der Waals surface area contributed by atoms with Crippen LogP contribution in [0, 0.1) is 20.8 Å². The van der Waals surface area contributed by atoms with Crippen molar-refractivity contribution in [3.8, 4) is 0 Å². The van der Waals surface area contributed by atoms with Gasteiger partial charge in [0.15, 0.2) is 4.83 Å². The number of hydrogen-bond acceptors (Lipinski definition) is 6. The number of nitrogens with zero attached hydrogens (tertiary/aromatic N) is 5. The normalized spacial score (nSPS) is 11.2. The Labute approximate surface area is 119 Å². The number of aromatic nitrogens is 5. The van der Waals surface area contributed by atoms with Crippen LogP contribution in [0.5, 0.6) is 0 Å². The van der Waals surface area contributed by atoms with E-state index in [1.54, 1.807) is 10.9 Å². The Morgan fingerprint density at radius 2 is 2.00 bits per heavy atom. The molecule has 6 nitrogen and oxygen atoms in total. The lowest BCUT2D eigenvalue weighted by atomic mass is 10.2. The summed E-state index contributed by atoms with van der Waals surface area (Å²) in [5, 5.41) is 8.68. The van der Waals surface area contributed by atoms with E-state index < -0.39 is 0 Å². The van der Waals surface area contributed by atoms with Crippen LogP contribution in [0.1, 0.15) is 22.6 Å². The van der Waals surface area contributed by atoms with Crippen molar-refractivity contribution in [3.63, 3.8) is 0 Å². The second-order valence-corrected chi connectivity index (χ2v) is 5.47. The van der Waals surface area contributed by atoms with Crippen molar-refractivity contribution < 1.29 is 0 Å². The molecule has 3 rings (SSSR count). The zero-order chi connectivity index (χ0) is 14.3. The molecule has 102 valence electrons. The molecule has 0 saturated heterocycles. The maximum Gasteiger partial charge on any atom is 0.264 e. The lowest BCUT2D eigenvalue weighted by Gasteiger charge is -2.08. The maximum absolute atomic E-state index is 12.5. The van der Waals surface area contributed by atoms with Crippen LogP contribution in [-0.2, 0) is 6.54 Å². The van der Waals surface area contributed by atoms with Crippen molar-refractivity contribution in [2.75, 3.05) is 0 Å². The second kappa shape index (κ2) is 4.75. The zero-order valence-corrected chi connectivity index (χ0v) is 12.2. The predicted octanol–water partition coefficient (Wildman–Crippen LogP) is 1.62. The van der Waals surface area contributed by atoms with Gasteiger partial charge in [0.05, 0.1) is 35.3 Å². The quantitative estimate of drug-likeness (QED) is 0.716. The smallest absolute Gasteiger partial charge is 0.264 e. The molecular weight excluding hydrogens is 274 g/mol. The van der Waals surface area contributed by atoms with E-state index in [-0.39, 0.29) is 5.56 Å². The van der Waals surface area contributed by atoms with Crippen LogP contribution in [0.25, 0.3) is 10.2 Å². The molecule has 0 bridgehead atoms. The van der Waals surface area contributed by atoms with E-state index in [2.05, 4.69) is 19.6 Å². The largest absolute Gasteiger partial charge is 0.294 e. The first-order valence-corrected chi connectivity index (χ1v) is 6.95. The molecule has 0 radical (unpaired) electrons. The van der Waals surface area contributed by atoms with Gasteiger partial charge in [-0.25, -0.2) is 4.98 Å². The minimum Gasteiger partial charge on any atom is -0.294 e. The number of aryl methyl sites for hydroxylation is 3. The molecule has 0 aliphatic heterocycles. The number of fused-ring (bicyclic) bond motifs is 1. The molecule has 0 unspecified atom stereocenters. The zero-order valence-electron chi connectivity index (χ0n) is 11.4. The summed E-state index contributed by atoms with van der Waals surface area (Å²) in [4.78, 5) is 17.4. The van der Waals surface area contributed by atoms with E-state index in [4.69, 9.17) is 0 Å². The van der Waals surface area contributed by atoms with Crippen molar-refractivity contribution in [3.05, 3.63) is 45.4 Å². The summed E-state index contributed by atoms with van der Waals surface area (Å²) in [6.07, 6.45) is 1.57. The van der Waals surface area contributed by atoms with E-state index in [0.717, 1.165) is 22.6 Å². The van der Waals surface area contributed by atoms with Crippen LogP contribution in [0.2, 0.25) is 0 Å². The summed E-state index contributed by atoms with van der Waals surface area (Å²) < 4.78 is 5.77. The molecule has 0 spiro atoms. The summed E-state index contributed by atoms with van der Waals surface area (Å²) in [5.41, 5.74) is 3.30. The molecule has 0 fully saturated rings. The van der Waals surface area contributed by atoms with Gasteiger partial charge in [-0.05, 0) is 43.9 Å².